The average molecular weight is 349 g/mol. The van der Waals surface area contributed by atoms with Crippen molar-refractivity contribution in [3.05, 3.63) is 24.3 Å². The van der Waals surface area contributed by atoms with Crippen molar-refractivity contribution in [2.24, 2.45) is 11.1 Å². The van der Waals surface area contributed by atoms with E-state index in [2.05, 4.69) is 5.32 Å². The number of hydrogen-bond donors (Lipinski definition) is 2. The molecule has 1 aromatic rings. The SMILES string of the molecule is CCN(CC(=O)Nc1cccc(OC)c1)C(=O)C1(CN)CCOCC1. The van der Waals surface area contributed by atoms with Crippen LogP contribution in [0.3, 0.4) is 0 Å². The predicted octanol–water partition coefficient (Wildman–Crippen LogP) is 1.24. The fourth-order valence-corrected chi connectivity index (χ4v) is 3.00. The summed E-state index contributed by atoms with van der Waals surface area (Å²) in [6.45, 7) is 3.62. The highest BCUT2D eigenvalue weighted by Gasteiger charge is 2.41. The van der Waals surface area contributed by atoms with Gasteiger partial charge >= 0.3 is 0 Å². The van der Waals surface area contributed by atoms with Crippen molar-refractivity contribution in [1.29, 1.82) is 0 Å². The van der Waals surface area contributed by atoms with Crippen molar-refractivity contribution >= 4 is 17.5 Å². The molecule has 0 saturated carbocycles. The Hall–Kier alpha value is -2.12. The first-order valence-electron chi connectivity index (χ1n) is 8.55. The zero-order valence-electron chi connectivity index (χ0n) is 14.9. The van der Waals surface area contributed by atoms with Crippen LogP contribution in [0.15, 0.2) is 24.3 Å². The van der Waals surface area contributed by atoms with Crippen LogP contribution in [0, 0.1) is 5.41 Å². The van der Waals surface area contributed by atoms with Gasteiger partial charge in [-0.25, -0.2) is 0 Å². The van der Waals surface area contributed by atoms with Crippen molar-refractivity contribution in [2.75, 3.05) is 45.3 Å². The maximum Gasteiger partial charge on any atom is 0.243 e. The first-order valence-corrected chi connectivity index (χ1v) is 8.55. The van der Waals surface area contributed by atoms with Gasteiger partial charge in [0, 0.05) is 38.1 Å². The number of ether oxygens (including phenoxy) is 2. The second-order valence-corrected chi connectivity index (χ2v) is 6.20. The lowest BCUT2D eigenvalue weighted by atomic mass is 9.79. The van der Waals surface area contributed by atoms with Crippen molar-refractivity contribution in [3.63, 3.8) is 0 Å². The molecular weight excluding hydrogens is 322 g/mol. The van der Waals surface area contributed by atoms with Gasteiger partial charge in [-0.2, -0.15) is 0 Å². The number of anilines is 1. The number of nitrogens with zero attached hydrogens (tertiary/aromatic N) is 1. The summed E-state index contributed by atoms with van der Waals surface area (Å²) in [6.07, 6.45) is 1.19. The molecule has 1 fully saturated rings. The Kier molecular flexibility index (Phi) is 6.78. The lowest BCUT2D eigenvalue weighted by molar-refractivity contribution is -0.148. The van der Waals surface area contributed by atoms with Gasteiger partial charge in [-0.3, -0.25) is 9.59 Å². The molecule has 1 aromatic carbocycles. The smallest absolute Gasteiger partial charge is 0.243 e. The zero-order valence-corrected chi connectivity index (χ0v) is 14.9. The van der Waals surface area contributed by atoms with Crippen LogP contribution in [0.5, 0.6) is 5.75 Å². The molecule has 3 N–H and O–H groups in total. The van der Waals surface area contributed by atoms with Crippen molar-refractivity contribution in [3.8, 4) is 5.75 Å². The van der Waals surface area contributed by atoms with Crippen LogP contribution in [0.2, 0.25) is 0 Å². The van der Waals surface area contributed by atoms with Crippen LogP contribution in [0.4, 0.5) is 5.69 Å². The molecule has 1 aliphatic heterocycles. The van der Waals surface area contributed by atoms with Gasteiger partial charge in [0.2, 0.25) is 11.8 Å². The number of benzene rings is 1. The maximum absolute atomic E-state index is 13.0. The number of nitrogens with two attached hydrogens (primary N) is 1. The number of rotatable bonds is 7. The van der Waals surface area contributed by atoms with E-state index in [4.69, 9.17) is 15.2 Å². The third-order valence-corrected chi connectivity index (χ3v) is 4.65. The quantitative estimate of drug-likeness (QED) is 0.772. The largest absolute Gasteiger partial charge is 0.497 e. The van der Waals surface area contributed by atoms with E-state index in [9.17, 15) is 9.59 Å². The summed E-state index contributed by atoms with van der Waals surface area (Å²) in [5.74, 6) is 0.342. The molecule has 1 heterocycles. The van der Waals surface area contributed by atoms with Gasteiger partial charge in [0.25, 0.3) is 0 Å². The Morgan fingerprint density at radius 2 is 2.08 bits per heavy atom. The minimum atomic E-state index is -0.621. The molecule has 1 saturated heterocycles. The first-order chi connectivity index (χ1) is 12.0. The molecule has 0 unspecified atom stereocenters. The standard InChI is InChI=1S/C18H27N3O4/c1-3-21(17(23)18(13-19)7-9-25-10-8-18)12-16(22)20-14-5-4-6-15(11-14)24-2/h4-6,11H,3,7-10,12-13,19H2,1-2H3,(H,20,22). The van der Waals surface area contributed by atoms with Gasteiger partial charge in [-0.15, -0.1) is 0 Å². The highest BCUT2D eigenvalue weighted by atomic mass is 16.5. The van der Waals surface area contributed by atoms with Crippen LogP contribution in [-0.2, 0) is 14.3 Å². The highest BCUT2D eigenvalue weighted by molar-refractivity contribution is 5.95. The summed E-state index contributed by atoms with van der Waals surface area (Å²) in [4.78, 5) is 26.9. The Bertz CT molecular complexity index is 600. The molecule has 0 aromatic heterocycles. The highest BCUT2D eigenvalue weighted by Crippen LogP contribution is 2.31. The van der Waals surface area contributed by atoms with E-state index in [1.54, 1.807) is 36.3 Å². The van der Waals surface area contributed by atoms with Crippen LogP contribution >= 0.6 is 0 Å². The predicted molar refractivity (Wildman–Crippen MR) is 95.4 cm³/mol. The topological polar surface area (TPSA) is 93.9 Å². The summed E-state index contributed by atoms with van der Waals surface area (Å²) in [5, 5.41) is 2.80. The fraction of sp³-hybridized carbons (Fsp3) is 0.556. The molecular formula is C18H27N3O4. The van der Waals surface area contributed by atoms with Crippen LogP contribution in [0.1, 0.15) is 19.8 Å². The second kappa shape index (κ2) is 8.82. The van der Waals surface area contributed by atoms with Gasteiger partial charge in [0.05, 0.1) is 19.1 Å². The third-order valence-electron chi connectivity index (χ3n) is 4.65. The van der Waals surface area contributed by atoms with Gasteiger partial charge < -0.3 is 25.4 Å². The van der Waals surface area contributed by atoms with E-state index in [0.717, 1.165) is 0 Å². The molecule has 25 heavy (non-hydrogen) atoms. The lowest BCUT2D eigenvalue weighted by Gasteiger charge is -2.38. The monoisotopic (exact) mass is 349 g/mol. The number of carbonyl (C=O) groups excluding carboxylic acids is 2. The number of methoxy groups -OCH3 is 1. The van der Waals surface area contributed by atoms with E-state index < -0.39 is 5.41 Å². The molecule has 2 rings (SSSR count). The van der Waals surface area contributed by atoms with E-state index in [0.29, 0.717) is 44.0 Å². The number of carbonyl (C=O) groups is 2. The van der Waals surface area contributed by atoms with E-state index in [-0.39, 0.29) is 24.9 Å². The van der Waals surface area contributed by atoms with Crippen LogP contribution in [0.25, 0.3) is 0 Å². The van der Waals surface area contributed by atoms with E-state index >= 15 is 0 Å². The average Bonchev–Trinajstić information content (AvgIpc) is 2.66. The minimum Gasteiger partial charge on any atom is -0.497 e. The summed E-state index contributed by atoms with van der Waals surface area (Å²) >= 11 is 0. The normalized spacial score (nSPS) is 16.1. The molecule has 2 amide bonds. The molecule has 7 nitrogen and oxygen atoms in total. The summed E-state index contributed by atoms with van der Waals surface area (Å²) in [5.41, 5.74) is 5.91. The minimum absolute atomic E-state index is 0.00481. The van der Waals surface area contributed by atoms with Gasteiger partial charge in [0.1, 0.15) is 5.75 Å². The van der Waals surface area contributed by atoms with E-state index in [1.807, 2.05) is 6.92 Å². The second-order valence-electron chi connectivity index (χ2n) is 6.20. The number of amides is 2. The van der Waals surface area contributed by atoms with E-state index in [1.165, 1.54) is 0 Å². The Morgan fingerprint density at radius 1 is 1.36 bits per heavy atom. The molecule has 0 bridgehead atoms. The van der Waals surface area contributed by atoms with Crippen LogP contribution < -0.4 is 15.8 Å². The zero-order chi connectivity index (χ0) is 18.3. The van der Waals surface area contributed by atoms with Gasteiger partial charge in [-0.1, -0.05) is 6.07 Å². The molecule has 0 spiro atoms. The third kappa shape index (κ3) is 4.70. The lowest BCUT2D eigenvalue weighted by Crippen LogP contribution is -2.52. The Morgan fingerprint density at radius 3 is 2.68 bits per heavy atom. The number of nitrogens with one attached hydrogen (secondary N) is 1. The van der Waals surface area contributed by atoms with Crippen molar-refractivity contribution in [2.45, 2.75) is 19.8 Å². The Labute approximate surface area is 148 Å². The molecule has 138 valence electrons. The molecule has 0 atom stereocenters. The number of hydrogen-bond acceptors (Lipinski definition) is 5. The van der Waals surface area contributed by atoms with Crippen LogP contribution in [-0.4, -0.2) is 56.7 Å². The summed E-state index contributed by atoms with van der Waals surface area (Å²) in [6, 6.07) is 7.10. The molecule has 1 aliphatic rings. The number of likely N-dealkylation sites (N-methyl/N-ethyl adjacent to an activating group) is 1. The first kappa shape index (κ1) is 19.2. The summed E-state index contributed by atoms with van der Waals surface area (Å²) < 4.78 is 10.5. The summed E-state index contributed by atoms with van der Waals surface area (Å²) in [7, 11) is 1.57. The van der Waals surface area contributed by atoms with Crippen molar-refractivity contribution < 1.29 is 19.1 Å². The molecule has 7 heteroatoms. The molecule has 0 radical (unpaired) electrons. The van der Waals surface area contributed by atoms with Gasteiger partial charge in [0.15, 0.2) is 0 Å². The fourth-order valence-electron chi connectivity index (χ4n) is 3.00. The Balaban J connectivity index is 2.02. The van der Waals surface area contributed by atoms with Crippen molar-refractivity contribution in [1.82, 2.24) is 4.90 Å². The maximum atomic E-state index is 13.0. The van der Waals surface area contributed by atoms with Gasteiger partial charge in [-0.05, 0) is 31.9 Å². The molecule has 0 aliphatic carbocycles.